The number of nitrogens with zero attached hydrogens (tertiary/aromatic N) is 4. The molecule has 9 heteroatoms. The number of imidazole rings is 1. The third kappa shape index (κ3) is 5.33. The van der Waals surface area contributed by atoms with Crippen LogP contribution in [0.25, 0.3) is 11.2 Å². The Hall–Kier alpha value is -2.38. The highest BCUT2D eigenvalue weighted by Gasteiger charge is 2.23. The fourth-order valence-corrected chi connectivity index (χ4v) is 4.60. The van der Waals surface area contributed by atoms with Crippen molar-refractivity contribution in [1.29, 1.82) is 0 Å². The average molecular weight is 477 g/mol. The molecule has 0 unspecified atom stereocenters. The van der Waals surface area contributed by atoms with Crippen molar-refractivity contribution in [3.8, 4) is 0 Å². The summed E-state index contributed by atoms with van der Waals surface area (Å²) in [5.41, 5.74) is 2.91. The molecule has 2 N–H and O–H groups in total. The molecule has 7 nitrogen and oxygen atoms in total. The van der Waals surface area contributed by atoms with Crippen LogP contribution in [0.1, 0.15) is 63.0 Å². The van der Waals surface area contributed by atoms with Gasteiger partial charge in [-0.1, -0.05) is 43.2 Å². The zero-order valence-electron chi connectivity index (χ0n) is 18.0. The van der Waals surface area contributed by atoms with E-state index in [4.69, 9.17) is 9.97 Å². The zero-order chi connectivity index (χ0) is 20.3. The van der Waals surface area contributed by atoms with Crippen LogP contribution in [0.5, 0.6) is 0 Å². The second kappa shape index (κ2) is 11.0. The SMILES string of the molecule is Cl.Cl.O=C1CCC(Nc2nc(NCc3ccccc3)c3ncn(C4CCCC4)c3n2)CC1. The normalized spacial score (nSPS) is 17.1. The van der Waals surface area contributed by atoms with Crippen LogP contribution in [-0.4, -0.2) is 31.3 Å². The van der Waals surface area contributed by atoms with Crippen molar-refractivity contribution >= 4 is 53.5 Å². The number of hydrogen-bond acceptors (Lipinski definition) is 6. The van der Waals surface area contributed by atoms with E-state index in [1.807, 2.05) is 24.5 Å². The third-order valence-electron chi connectivity index (χ3n) is 6.32. The molecule has 172 valence electrons. The van der Waals surface area contributed by atoms with Gasteiger partial charge >= 0.3 is 0 Å². The van der Waals surface area contributed by atoms with E-state index < -0.39 is 0 Å². The van der Waals surface area contributed by atoms with Crippen LogP contribution in [0, 0.1) is 0 Å². The van der Waals surface area contributed by atoms with Gasteiger partial charge in [0.25, 0.3) is 0 Å². The van der Waals surface area contributed by atoms with Crippen LogP contribution < -0.4 is 10.6 Å². The third-order valence-corrected chi connectivity index (χ3v) is 6.32. The van der Waals surface area contributed by atoms with Crippen molar-refractivity contribution in [3.63, 3.8) is 0 Å². The molecule has 32 heavy (non-hydrogen) atoms. The van der Waals surface area contributed by atoms with Gasteiger partial charge in [-0.3, -0.25) is 4.79 Å². The zero-order valence-corrected chi connectivity index (χ0v) is 19.6. The summed E-state index contributed by atoms with van der Waals surface area (Å²) in [6, 6.07) is 11.0. The lowest BCUT2D eigenvalue weighted by molar-refractivity contribution is -0.120. The van der Waals surface area contributed by atoms with E-state index in [1.165, 1.54) is 31.2 Å². The maximum Gasteiger partial charge on any atom is 0.227 e. The molecular formula is C23H30Cl2N6O. The van der Waals surface area contributed by atoms with Gasteiger partial charge in [-0.05, 0) is 31.2 Å². The number of rotatable bonds is 6. The quantitative estimate of drug-likeness (QED) is 0.500. The Morgan fingerprint density at radius 3 is 2.41 bits per heavy atom. The van der Waals surface area contributed by atoms with E-state index in [9.17, 15) is 4.79 Å². The molecule has 2 aliphatic rings. The maximum absolute atomic E-state index is 11.6. The molecule has 0 atom stereocenters. The smallest absolute Gasteiger partial charge is 0.227 e. The van der Waals surface area contributed by atoms with Gasteiger partial charge in [-0.2, -0.15) is 9.97 Å². The first kappa shape index (κ1) is 24.3. The summed E-state index contributed by atoms with van der Waals surface area (Å²) in [5, 5.41) is 6.96. The summed E-state index contributed by atoms with van der Waals surface area (Å²) < 4.78 is 2.23. The number of ketones is 1. The molecule has 2 fully saturated rings. The number of fused-ring (bicyclic) bond motifs is 1. The second-order valence-electron chi connectivity index (χ2n) is 8.45. The number of nitrogens with one attached hydrogen (secondary N) is 2. The monoisotopic (exact) mass is 476 g/mol. The van der Waals surface area contributed by atoms with Gasteiger partial charge in [0.15, 0.2) is 17.0 Å². The van der Waals surface area contributed by atoms with Crippen molar-refractivity contribution in [1.82, 2.24) is 19.5 Å². The first-order chi connectivity index (χ1) is 14.8. The first-order valence-corrected chi connectivity index (χ1v) is 11.1. The number of hydrogen-bond donors (Lipinski definition) is 2. The molecule has 2 heterocycles. The number of carbonyl (C=O) groups is 1. The van der Waals surface area contributed by atoms with Crippen LogP contribution in [0.15, 0.2) is 36.7 Å². The Balaban J connectivity index is 0.00000144. The van der Waals surface area contributed by atoms with Gasteiger partial charge in [0.05, 0.1) is 6.33 Å². The van der Waals surface area contributed by atoms with Gasteiger partial charge in [0.2, 0.25) is 5.95 Å². The predicted octanol–water partition coefficient (Wildman–Crippen LogP) is 5.32. The molecule has 3 aromatic rings. The fraction of sp³-hybridized carbons (Fsp3) is 0.478. The van der Waals surface area contributed by atoms with Crippen LogP contribution in [0.3, 0.4) is 0 Å². The van der Waals surface area contributed by atoms with E-state index >= 15 is 0 Å². The van der Waals surface area contributed by atoms with E-state index in [2.05, 4.69) is 32.3 Å². The number of carbonyl (C=O) groups excluding carboxylic acids is 1. The molecule has 0 amide bonds. The molecule has 0 bridgehead atoms. The summed E-state index contributed by atoms with van der Waals surface area (Å²) in [4.78, 5) is 25.9. The van der Waals surface area contributed by atoms with Crippen LogP contribution in [-0.2, 0) is 11.3 Å². The van der Waals surface area contributed by atoms with Gasteiger partial charge in [0.1, 0.15) is 5.78 Å². The molecule has 0 spiro atoms. The Kier molecular flexibility index (Phi) is 8.32. The van der Waals surface area contributed by atoms with Crippen molar-refractivity contribution in [3.05, 3.63) is 42.2 Å². The van der Waals surface area contributed by atoms with Crippen molar-refractivity contribution in [2.75, 3.05) is 10.6 Å². The lowest BCUT2D eigenvalue weighted by atomic mass is 9.94. The summed E-state index contributed by atoms with van der Waals surface area (Å²) in [7, 11) is 0. The molecule has 2 aliphatic carbocycles. The molecule has 2 aromatic heterocycles. The minimum Gasteiger partial charge on any atom is -0.364 e. The van der Waals surface area contributed by atoms with Crippen molar-refractivity contribution in [2.24, 2.45) is 0 Å². The Morgan fingerprint density at radius 1 is 0.969 bits per heavy atom. The van der Waals surface area contributed by atoms with E-state index in [0.717, 1.165) is 29.8 Å². The molecule has 0 saturated heterocycles. The van der Waals surface area contributed by atoms with Gasteiger partial charge in [0, 0.05) is 31.5 Å². The molecular weight excluding hydrogens is 447 g/mol. The number of Topliss-reactive ketones (excluding diaryl/α,β-unsaturated/α-hetero) is 1. The highest BCUT2D eigenvalue weighted by atomic mass is 35.5. The molecule has 1 aromatic carbocycles. The lowest BCUT2D eigenvalue weighted by Gasteiger charge is -2.22. The minimum atomic E-state index is 0. The predicted molar refractivity (Wildman–Crippen MR) is 132 cm³/mol. The Labute approximate surface area is 200 Å². The fourth-order valence-electron chi connectivity index (χ4n) is 4.60. The summed E-state index contributed by atoms with van der Waals surface area (Å²) in [6.45, 7) is 0.681. The summed E-state index contributed by atoms with van der Waals surface area (Å²) in [5.74, 6) is 1.74. The summed E-state index contributed by atoms with van der Waals surface area (Å²) >= 11 is 0. The van der Waals surface area contributed by atoms with Gasteiger partial charge < -0.3 is 15.2 Å². The van der Waals surface area contributed by atoms with Crippen LogP contribution in [0.2, 0.25) is 0 Å². The topological polar surface area (TPSA) is 84.7 Å². The van der Waals surface area contributed by atoms with Crippen LogP contribution >= 0.6 is 24.8 Å². The Bertz CT molecular complexity index is 1030. The number of aromatic nitrogens is 4. The summed E-state index contributed by atoms with van der Waals surface area (Å²) in [6.07, 6.45) is 9.75. The largest absolute Gasteiger partial charge is 0.364 e. The maximum atomic E-state index is 11.6. The first-order valence-electron chi connectivity index (χ1n) is 11.1. The van der Waals surface area contributed by atoms with E-state index in [0.29, 0.717) is 37.2 Å². The van der Waals surface area contributed by atoms with E-state index in [-0.39, 0.29) is 30.9 Å². The minimum absolute atomic E-state index is 0. The average Bonchev–Trinajstić information content (AvgIpc) is 3.44. The van der Waals surface area contributed by atoms with Gasteiger partial charge in [-0.25, -0.2) is 4.98 Å². The second-order valence-corrected chi connectivity index (χ2v) is 8.45. The molecule has 2 saturated carbocycles. The molecule has 0 radical (unpaired) electrons. The molecule has 5 rings (SSSR count). The van der Waals surface area contributed by atoms with Crippen molar-refractivity contribution < 1.29 is 4.79 Å². The Morgan fingerprint density at radius 2 is 1.69 bits per heavy atom. The lowest BCUT2D eigenvalue weighted by Crippen LogP contribution is -2.27. The van der Waals surface area contributed by atoms with E-state index in [1.54, 1.807) is 0 Å². The highest BCUT2D eigenvalue weighted by Crippen LogP contribution is 2.33. The standard InChI is InChI=1S/C23H28N6O.2ClH/c30-19-12-10-17(11-13-19)26-23-27-21(24-14-16-6-2-1-3-7-16)20-22(28-23)29(15-25-20)18-8-4-5-9-18;;/h1-3,6-7,15,17-18H,4-5,8-14H2,(H2,24,26,27,28);2*1H. The van der Waals surface area contributed by atoms with Crippen LogP contribution in [0.4, 0.5) is 11.8 Å². The number of benzene rings is 1. The highest BCUT2D eigenvalue weighted by molar-refractivity contribution is 5.86. The molecule has 0 aliphatic heterocycles. The number of anilines is 2. The number of halogens is 2. The van der Waals surface area contributed by atoms with Crippen molar-refractivity contribution in [2.45, 2.75) is 70.0 Å². The van der Waals surface area contributed by atoms with Gasteiger partial charge in [-0.15, -0.1) is 24.8 Å².